The molecule has 1 N–H and O–H groups in total. The summed E-state index contributed by atoms with van der Waals surface area (Å²) in [5.41, 5.74) is 2.95. The molecule has 1 aliphatic heterocycles. The van der Waals surface area contributed by atoms with E-state index in [0.717, 1.165) is 37.4 Å². The number of aryl methyl sites for hydroxylation is 2. The lowest BCUT2D eigenvalue weighted by atomic mass is 10.0. The van der Waals surface area contributed by atoms with Gasteiger partial charge in [-0.15, -0.1) is 11.3 Å². The Balaban J connectivity index is 1.70. The van der Waals surface area contributed by atoms with Crippen LogP contribution >= 0.6 is 11.3 Å². The van der Waals surface area contributed by atoms with Crippen molar-refractivity contribution < 1.29 is 9.53 Å². The molecule has 3 rings (SSSR count). The highest BCUT2D eigenvalue weighted by molar-refractivity contribution is 7.10. The number of morpholine rings is 1. The second-order valence-electron chi connectivity index (χ2n) is 6.21. The number of hydrogen-bond donors (Lipinski definition) is 1. The summed E-state index contributed by atoms with van der Waals surface area (Å²) in [6.07, 6.45) is 0. The van der Waals surface area contributed by atoms with Crippen molar-refractivity contribution in [2.45, 2.75) is 19.9 Å². The number of thiophene rings is 1. The van der Waals surface area contributed by atoms with Crippen molar-refractivity contribution in [2.75, 3.05) is 32.8 Å². The minimum Gasteiger partial charge on any atom is -0.379 e. The summed E-state index contributed by atoms with van der Waals surface area (Å²) in [6.45, 7) is 7.97. The maximum absolute atomic E-state index is 12.6. The minimum absolute atomic E-state index is 0.00214. The van der Waals surface area contributed by atoms with E-state index in [9.17, 15) is 4.79 Å². The van der Waals surface area contributed by atoms with Gasteiger partial charge in [-0.1, -0.05) is 23.8 Å². The van der Waals surface area contributed by atoms with E-state index < -0.39 is 0 Å². The molecule has 1 aliphatic rings. The van der Waals surface area contributed by atoms with E-state index in [4.69, 9.17) is 4.74 Å². The van der Waals surface area contributed by atoms with Crippen LogP contribution in [0, 0.1) is 13.8 Å². The van der Waals surface area contributed by atoms with Crippen molar-refractivity contribution in [2.24, 2.45) is 0 Å². The zero-order valence-electron chi connectivity index (χ0n) is 14.2. The van der Waals surface area contributed by atoms with Crippen LogP contribution < -0.4 is 5.32 Å². The zero-order chi connectivity index (χ0) is 16.9. The van der Waals surface area contributed by atoms with Crippen molar-refractivity contribution in [3.8, 4) is 0 Å². The lowest BCUT2D eigenvalue weighted by Crippen LogP contribution is -2.43. The zero-order valence-corrected chi connectivity index (χ0v) is 15.1. The number of carbonyl (C=O) groups is 1. The van der Waals surface area contributed by atoms with Gasteiger partial charge in [-0.25, -0.2) is 0 Å². The number of amides is 1. The van der Waals surface area contributed by atoms with E-state index in [1.54, 1.807) is 11.3 Å². The van der Waals surface area contributed by atoms with Crippen molar-refractivity contribution in [1.29, 1.82) is 0 Å². The van der Waals surface area contributed by atoms with Gasteiger partial charge in [0.25, 0.3) is 5.91 Å². The Morgan fingerprint density at radius 2 is 2.08 bits per heavy atom. The molecular weight excluding hydrogens is 320 g/mol. The topological polar surface area (TPSA) is 41.6 Å². The fourth-order valence-corrected chi connectivity index (χ4v) is 3.99. The quantitative estimate of drug-likeness (QED) is 0.906. The van der Waals surface area contributed by atoms with Crippen LogP contribution in [-0.4, -0.2) is 43.7 Å². The monoisotopic (exact) mass is 344 g/mol. The largest absolute Gasteiger partial charge is 0.379 e. The fraction of sp³-hybridized carbons (Fsp3) is 0.421. The van der Waals surface area contributed by atoms with Gasteiger partial charge in [-0.2, -0.15) is 0 Å². The van der Waals surface area contributed by atoms with Crippen LogP contribution in [0.3, 0.4) is 0 Å². The molecule has 2 heterocycles. The van der Waals surface area contributed by atoms with Gasteiger partial charge in [0.1, 0.15) is 0 Å². The first-order valence-corrected chi connectivity index (χ1v) is 9.24. The summed E-state index contributed by atoms with van der Waals surface area (Å²) in [6, 6.07) is 10.4. The third kappa shape index (κ3) is 4.04. The molecule has 4 nitrogen and oxygen atoms in total. The van der Waals surface area contributed by atoms with Crippen molar-refractivity contribution in [3.05, 3.63) is 57.3 Å². The Kier molecular flexibility index (Phi) is 5.66. The number of hydrogen-bond acceptors (Lipinski definition) is 4. The average molecular weight is 344 g/mol. The van der Waals surface area contributed by atoms with E-state index in [1.807, 2.05) is 32.0 Å². The van der Waals surface area contributed by atoms with Crippen LogP contribution in [-0.2, 0) is 4.74 Å². The van der Waals surface area contributed by atoms with Crippen molar-refractivity contribution in [3.63, 3.8) is 0 Å². The Bertz CT molecular complexity index is 679. The predicted molar refractivity (Wildman–Crippen MR) is 97.7 cm³/mol. The summed E-state index contributed by atoms with van der Waals surface area (Å²) >= 11 is 1.74. The van der Waals surface area contributed by atoms with Crippen LogP contribution in [0.5, 0.6) is 0 Å². The van der Waals surface area contributed by atoms with Gasteiger partial charge in [0, 0.05) is 30.1 Å². The van der Waals surface area contributed by atoms with Gasteiger partial charge in [-0.05, 0) is 36.9 Å². The Morgan fingerprint density at radius 3 is 2.75 bits per heavy atom. The first kappa shape index (κ1) is 17.1. The molecule has 128 valence electrons. The van der Waals surface area contributed by atoms with Gasteiger partial charge < -0.3 is 10.1 Å². The van der Waals surface area contributed by atoms with Crippen LogP contribution in [0.15, 0.2) is 35.7 Å². The summed E-state index contributed by atoms with van der Waals surface area (Å²) in [5.74, 6) is 0.00214. The van der Waals surface area contributed by atoms with Gasteiger partial charge in [-0.3, -0.25) is 9.69 Å². The lowest BCUT2D eigenvalue weighted by Gasteiger charge is -2.34. The molecule has 1 fully saturated rings. The normalized spacial score (nSPS) is 16.8. The summed E-state index contributed by atoms with van der Waals surface area (Å²) < 4.78 is 5.46. The number of nitrogens with zero attached hydrogens (tertiary/aromatic N) is 1. The Morgan fingerprint density at radius 1 is 1.29 bits per heavy atom. The first-order valence-electron chi connectivity index (χ1n) is 8.36. The SMILES string of the molecule is Cc1ccc(C(=O)NCC(c2cccs2)N2CCOCC2)c(C)c1. The van der Waals surface area contributed by atoms with Crippen LogP contribution in [0.2, 0.25) is 0 Å². The van der Waals surface area contributed by atoms with Gasteiger partial charge in [0.2, 0.25) is 0 Å². The molecule has 2 aromatic rings. The van der Waals surface area contributed by atoms with Crippen molar-refractivity contribution in [1.82, 2.24) is 10.2 Å². The van der Waals surface area contributed by atoms with E-state index in [2.05, 4.69) is 27.7 Å². The summed E-state index contributed by atoms with van der Waals surface area (Å²) in [5, 5.41) is 5.22. The molecule has 0 saturated carbocycles. The molecule has 1 aromatic carbocycles. The highest BCUT2D eigenvalue weighted by Gasteiger charge is 2.24. The van der Waals surface area contributed by atoms with E-state index in [0.29, 0.717) is 6.54 Å². The molecule has 1 unspecified atom stereocenters. The smallest absolute Gasteiger partial charge is 0.251 e. The van der Waals surface area contributed by atoms with Gasteiger partial charge in [0.05, 0.1) is 19.3 Å². The molecule has 0 aliphatic carbocycles. The summed E-state index contributed by atoms with van der Waals surface area (Å²) in [7, 11) is 0. The molecule has 1 aromatic heterocycles. The molecule has 0 bridgehead atoms. The highest BCUT2D eigenvalue weighted by Crippen LogP contribution is 2.25. The predicted octanol–water partition coefficient (Wildman–Crippen LogP) is 3.17. The number of nitrogens with one attached hydrogen (secondary N) is 1. The Hall–Kier alpha value is -1.69. The molecule has 24 heavy (non-hydrogen) atoms. The first-order chi connectivity index (χ1) is 11.6. The van der Waals surface area contributed by atoms with E-state index in [1.165, 1.54) is 10.4 Å². The maximum atomic E-state index is 12.6. The van der Waals surface area contributed by atoms with E-state index >= 15 is 0 Å². The van der Waals surface area contributed by atoms with E-state index in [-0.39, 0.29) is 11.9 Å². The molecular formula is C19H24N2O2S. The molecule has 1 amide bonds. The molecule has 1 atom stereocenters. The standard InChI is InChI=1S/C19H24N2O2S/c1-14-5-6-16(15(2)12-14)19(22)20-13-17(18-4-3-11-24-18)21-7-9-23-10-8-21/h3-6,11-12,17H,7-10,13H2,1-2H3,(H,20,22). The molecule has 1 saturated heterocycles. The van der Waals surface area contributed by atoms with Gasteiger partial charge >= 0.3 is 0 Å². The highest BCUT2D eigenvalue weighted by atomic mass is 32.1. The minimum atomic E-state index is 0.00214. The lowest BCUT2D eigenvalue weighted by molar-refractivity contribution is 0.0169. The third-order valence-electron chi connectivity index (χ3n) is 4.44. The maximum Gasteiger partial charge on any atom is 0.251 e. The fourth-order valence-electron chi connectivity index (χ4n) is 3.13. The molecule has 0 spiro atoms. The number of carbonyl (C=O) groups excluding carboxylic acids is 1. The second-order valence-corrected chi connectivity index (χ2v) is 7.19. The van der Waals surface area contributed by atoms with Crippen LogP contribution in [0.1, 0.15) is 32.4 Å². The van der Waals surface area contributed by atoms with Crippen molar-refractivity contribution >= 4 is 17.2 Å². The number of ether oxygens (including phenoxy) is 1. The van der Waals surface area contributed by atoms with Gasteiger partial charge in [0.15, 0.2) is 0 Å². The molecule has 0 radical (unpaired) electrons. The summed E-state index contributed by atoms with van der Waals surface area (Å²) in [4.78, 5) is 16.3. The van der Waals surface area contributed by atoms with Crippen LogP contribution in [0.25, 0.3) is 0 Å². The average Bonchev–Trinajstić information content (AvgIpc) is 3.10. The molecule has 5 heteroatoms. The Labute approximate surface area is 147 Å². The third-order valence-corrected chi connectivity index (χ3v) is 5.41. The number of rotatable bonds is 5. The van der Waals surface area contributed by atoms with Crippen LogP contribution in [0.4, 0.5) is 0 Å². The number of benzene rings is 1. The second kappa shape index (κ2) is 7.92.